The first kappa shape index (κ1) is 22.1. The molecule has 0 saturated carbocycles. The summed E-state index contributed by atoms with van der Waals surface area (Å²) in [6, 6.07) is 0. The van der Waals surface area contributed by atoms with Gasteiger partial charge in [0.15, 0.2) is 17.1 Å². The second kappa shape index (κ2) is 8.41. The van der Waals surface area contributed by atoms with Gasteiger partial charge >= 0.3 is 11.9 Å². The molecule has 11 nitrogen and oxygen atoms in total. The second-order valence-corrected chi connectivity index (χ2v) is 7.27. The summed E-state index contributed by atoms with van der Waals surface area (Å²) in [5.74, 6) is -1.09. The summed E-state index contributed by atoms with van der Waals surface area (Å²) in [5, 5.41) is 12.7. The van der Waals surface area contributed by atoms with Gasteiger partial charge in [-0.15, -0.1) is 10.2 Å². The molecule has 11 heteroatoms. The van der Waals surface area contributed by atoms with Crippen LogP contribution in [0.3, 0.4) is 0 Å². The monoisotopic (exact) mass is 405 g/mol. The van der Waals surface area contributed by atoms with Crippen LogP contribution in [-0.2, 0) is 29.0 Å². The molecule has 29 heavy (non-hydrogen) atoms. The predicted molar refractivity (Wildman–Crippen MR) is 106 cm³/mol. The molecule has 2 rings (SSSR count). The van der Waals surface area contributed by atoms with E-state index in [0.717, 1.165) is 0 Å². The number of hydrogen-bond acceptors (Lipinski definition) is 9. The third kappa shape index (κ3) is 4.44. The van der Waals surface area contributed by atoms with Gasteiger partial charge in [-0.05, 0) is 13.8 Å². The lowest BCUT2D eigenvalue weighted by Crippen LogP contribution is -2.16. The Hall–Kier alpha value is -3.24. The number of aryl methyl sites for hydroxylation is 1. The van der Waals surface area contributed by atoms with Gasteiger partial charge in [0.2, 0.25) is 0 Å². The predicted octanol–water partition coefficient (Wildman–Crippen LogP) is 2.80. The van der Waals surface area contributed by atoms with E-state index in [2.05, 4.69) is 20.3 Å². The Morgan fingerprint density at radius 3 is 2.21 bits per heavy atom. The van der Waals surface area contributed by atoms with Gasteiger partial charge in [0.25, 0.3) is 5.95 Å². The van der Waals surface area contributed by atoms with E-state index in [-0.39, 0.29) is 36.0 Å². The maximum atomic E-state index is 12.3. The van der Waals surface area contributed by atoms with Crippen molar-refractivity contribution in [2.45, 2.75) is 40.0 Å². The maximum absolute atomic E-state index is 12.3. The fraction of sp³-hybridized carbons (Fsp3) is 0.556. The molecule has 2 N–H and O–H groups in total. The molecule has 0 fully saturated rings. The molecule has 158 valence electrons. The van der Waals surface area contributed by atoms with Crippen molar-refractivity contribution in [2.24, 2.45) is 24.3 Å². The first-order valence-electron chi connectivity index (χ1n) is 9.18. The number of anilines is 1. The van der Waals surface area contributed by atoms with E-state index >= 15 is 0 Å². The van der Waals surface area contributed by atoms with Gasteiger partial charge in [-0.2, -0.15) is 5.10 Å². The fourth-order valence-corrected chi connectivity index (χ4v) is 2.58. The van der Waals surface area contributed by atoms with Crippen LogP contribution < -0.4 is 5.73 Å². The highest BCUT2D eigenvalue weighted by molar-refractivity contribution is 6.01. The van der Waals surface area contributed by atoms with Gasteiger partial charge in [-0.3, -0.25) is 4.68 Å². The highest BCUT2D eigenvalue weighted by Gasteiger charge is 2.29. The number of hydrogen-bond donors (Lipinski definition) is 1. The number of nitrogen functional groups attached to an aromatic ring is 1. The SMILES string of the molecule is CCOC(=O)c1nc(/N=N/c2c(C(C)(C)C)nn(C)c2N)n(C)c1C(=O)OCC. The third-order valence-electron chi connectivity index (χ3n) is 4.02. The van der Waals surface area contributed by atoms with E-state index in [0.29, 0.717) is 17.2 Å². The van der Waals surface area contributed by atoms with Crippen LogP contribution in [0.4, 0.5) is 17.5 Å². The van der Waals surface area contributed by atoms with Gasteiger partial charge in [0.1, 0.15) is 5.82 Å². The first-order valence-corrected chi connectivity index (χ1v) is 9.18. The Balaban J connectivity index is 2.56. The first-order chi connectivity index (χ1) is 13.5. The molecular formula is C18H27N7O4. The molecule has 2 heterocycles. The molecule has 0 unspecified atom stereocenters. The van der Waals surface area contributed by atoms with Crippen molar-refractivity contribution >= 4 is 29.4 Å². The van der Waals surface area contributed by atoms with Crippen molar-refractivity contribution in [2.75, 3.05) is 18.9 Å². The van der Waals surface area contributed by atoms with Crippen LogP contribution in [-0.4, -0.2) is 44.5 Å². The van der Waals surface area contributed by atoms with E-state index in [1.807, 2.05) is 20.8 Å². The second-order valence-electron chi connectivity index (χ2n) is 7.27. The molecule has 0 atom stereocenters. The number of imidazole rings is 1. The number of rotatable bonds is 6. The van der Waals surface area contributed by atoms with Gasteiger partial charge in [-0.25, -0.2) is 14.6 Å². The van der Waals surface area contributed by atoms with E-state index in [1.54, 1.807) is 20.9 Å². The molecule has 2 aromatic rings. The lowest BCUT2D eigenvalue weighted by molar-refractivity contribution is 0.0468. The van der Waals surface area contributed by atoms with Crippen molar-refractivity contribution in [3.8, 4) is 0 Å². The van der Waals surface area contributed by atoms with Crippen molar-refractivity contribution in [1.82, 2.24) is 19.3 Å². The van der Waals surface area contributed by atoms with Crippen LogP contribution in [0.2, 0.25) is 0 Å². The van der Waals surface area contributed by atoms with Crippen molar-refractivity contribution in [3.05, 3.63) is 17.1 Å². The lowest BCUT2D eigenvalue weighted by atomic mass is 9.91. The van der Waals surface area contributed by atoms with Crippen molar-refractivity contribution in [1.29, 1.82) is 0 Å². The summed E-state index contributed by atoms with van der Waals surface area (Å²) in [6.07, 6.45) is 0. The topological polar surface area (TPSA) is 139 Å². The van der Waals surface area contributed by atoms with Gasteiger partial charge in [-0.1, -0.05) is 20.8 Å². The number of nitrogens with zero attached hydrogens (tertiary/aromatic N) is 6. The van der Waals surface area contributed by atoms with Crippen LogP contribution >= 0.6 is 0 Å². The molecular weight excluding hydrogens is 378 g/mol. The van der Waals surface area contributed by atoms with E-state index in [1.165, 1.54) is 16.3 Å². The van der Waals surface area contributed by atoms with E-state index in [4.69, 9.17) is 15.2 Å². The number of carbonyl (C=O) groups is 2. The fourth-order valence-electron chi connectivity index (χ4n) is 2.58. The summed E-state index contributed by atoms with van der Waals surface area (Å²) in [6.45, 7) is 9.54. The summed E-state index contributed by atoms with van der Waals surface area (Å²) in [4.78, 5) is 28.7. The third-order valence-corrected chi connectivity index (χ3v) is 4.02. The quantitative estimate of drug-likeness (QED) is 0.576. The minimum Gasteiger partial charge on any atom is -0.461 e. The molecule has 2 aromatic heterocycles. The number of carbonyl (C=O) groups excluding carboxylic acids is 2. The zero-order chi connectivity index (χ0) is 21.9. The molecule has 0 radical (unpaired) electrons. The zero-order valence-electron chi connectivity index (χ0n) is 17.8. The normalized spacial score (nSPS) is 11.8. The zero-order valence-corrected chi connectivity index (χ0v) is 17.8. The molecule has 0 aliphatic heterocycles. The van der Waals surface area contributed by atoms with Gasteiger partial charge in [0, 0.05) is 19.5 Å². The molecule has 0 saturated heterocycles. The van der Waals surface area contributed by atoms with Crippen LogP contribution in [0.5, 0.6) is 0 Å². The summed E-state index contributed by atoms with van der Waals surface area (Å²) in [5.41, 5.74) is 6.58. The highest BCUT2D eigenvalue weighted by Crippen LogP contribution is 2.36. The number of ether oxygens (including phenoxy) is 2. The van der Waals surface area contributed by atoms with Crippen molar-refractivity contribution < 1.29 is 19.1 Å². The van der Waals surface area contributed by atoms with Crippen LogP contribution in [0.25, 0.3) is 0 Å². The minimum atomic E-state index is -0.746. The van der Waals surface area contributed by atoms with Crippen LogP contribution in [0, 0.1) is 0 Å². The van der Waals surface area contributed by atoms with Gasteiger partial charge < -0.3 is 19.8 Å². The average molecular weight is 405 g/mol. The Labute approximate surface area is 168 Å². The van der Waals surface area contributed by atoms with E-state index < -0.39 is 11.9 Å². The van der Waals surface area contributed by atoms with Crippen molar-refractivity contribution in [3.63, 3.8) is 0 Å². The number of aromatic nitrogens is 4. The highest BCUT2D eigenvalue weighted by atomic mass is 16.5. The lowest BCUT2D eigenvalue weighted by Gasteiger charge is -2.15. The minimum absolute atomic E-state index is 0.0271. The molecule has 0 spiro atoms. The Kier molecular flexibility index (Phi) is 6.40. The Morgan fingerprint density at radius 2 is 1.66 bits per heavy atom. The van der Waals surface area contributed by atoms with Crippen LogP contribution in [0.15, 0.2) is 10.2 Å². The summed E-state index contributed by atoms with van der Waals surface area (Å²) < 4.78 is 12.9. The maximum Gasteiger partial charge on any atom is 0.359 e. The average Bonchev–Trinajstić information content (AvgIpc) is 3.11. The summed E-state index contributed by atoms with van der Waals surface area (Å²) >= 11 is 0. The number of azo groups is 1. The summed E-state index contributed by atoms with van der Waals surface area (Å²) in [7, 11) is 3.25. The Bertz CT molecular complexity index is 951. The van der Waals surface area contributed by atoms with Gasteiger partial charge in [0.05, 0.1) is 18.9 Å². The van der Waals surface area contributed by atoms with Crippen LogP contribution in [0.1, 0.15) is 61.3 Å². The molecule has 0 bridgehead atoms. The Morgan fingerprint density at radius 1 is 1.07 bits per heavy atom. The number of nitrogens with two attached hydrogens (primary N) is 1. The smallest absolute Gasteiger partial charge is 0.359 e. The largest absolute Gasteiger partial charge is 0.461 e. The molecule has 0 amide bonds. The molecule has 0 aromatic carbocycles. The number of esters is 2. The molecule has 0 aliphatic rings. The molecule has 0 aliphatic carbocycles. The standard InChI is InChI=1S/C18H27N7O4/c1-8-28-15(26)10-12(16(27)29-9-2)24(6)17(20-10)22-21-11-13(18(3,4)5)23-25(7)14(11)19/h8-9,19H2,1-7H3/b22-21+. The van der Waals surface area contributed by atoms with E-state index in [9.17, 15) is 9.59 Å².